The van der Waals surface area contributed by atoms with Crippen LogP contribution in [-0.2, 0) is 4.79 Å². The van der Waals surface area contributed by atoms with Gasteiger partial charge in [0.15, 0.2) is 11.5 Å². The van der Waals surface area contributed by atoms with Crippen molar-refractivity contribution in [3.8, 4) is 11.5 Å². The van der Waals surface area contributed by atoms with Crippen molar-refractivity contribution in [3.05, 3.63) is 76.7 Å². The number of nitrogens with zero attached hydrogens (tertiary/aromatic N) is 1. The average Bonchev–Trinajstić information content (AvgIpc) is 3.38. The Bertz CT molecular complexity index is 1280. The van der Waals surface area contributed by atoms with Crippen LogP contribution in [-0.4, -0.2) is 41.8 Å². The normalized spacial score (nSPS) is 16.2. The molecule has 0 radical (unpaired) electrons. The molecule has 0 saturated carbocycles. The summed E-state index contributed by atoms with van der Waals surface area (Å²) >= 11 is 0.881. The SMILES string of the molecule is O=C(NCCN1C(=O)S/C(=C/c2ccc3c(c2)OCO3)C1=O)c1cccc2ccccc12. The minimum atomic E-state index is -0.378. The number of thioether (sulfide) groups is 1. The molecule has 0 bridgehead atoms. The zero-order chi connectivity index (χ0) is 22.1. The number of fused-ring (bicyclic) bond motifs is 2. The minimum Gasteiger partial charge on any atom is -0.454 e. The van der Waals surface area contributed by atoms with Crippen LogP contribution in [0, 0.1) is 0 Å². The maximum absolute atomic E-state index is 12.7. The van der Waals surface area contributed by atoms with Gasteiger partial charge in [-0.05, 0) is 52.4 Å². The Labute approximate surface area is 188 Å². The van der Waals surface area contributed by atoms with Gasteiger partial charge in [-0.25, -0.2) is 0 Å². The van der Waals surface area contributed by atoms with Crippen molar-refractivity contribution in [2.24, 2.45) is 0 Å². The van der Waals surface area contributed by atoms with Crippen molar-refractivity contribution >= 4 is 45.7 Å². The first-order chi connectivity index (χ1) is 15.6. The largest absolute Gasteiger partial charge is 0.454 e. The molecule has 0 aromatic heterocycles. The molecule has 2 aliphatic heterocycles. The van der Waals surface area contributed by atoms with Gasteiger partial charge in [-0.3, -0.25) is 19.3 Å². The highest BCUT2D eigenvalue weighted by Crippen LogP contribution is 2.36. The van der Waals surface area contributed by atoms with Crippen molar-refractivity contribution < 1.29 is 23.9 Å². The first-order valence-corrected chi connectivity index (χ1v) is 10.8. The fourth-order valence-electron chi connectivity index (χ4n) is 3.65. The Morgan fingerprint density at radius 2 is 1.84 bits per heavy atom. The number of amides is 3. The van der Waals surface area contributed by atoms with E-state index in [0.29, 0.717) is 22.0 Å². The van der Waals surface area contributed by atoms with E-state index < -0.39 is 0 Å². The summed E-state index contributed by atoms with van der Waals surface area (Å²) in [4.78, 5) is 39.2. The zero-order valence-electron chi connectivity index (χ0n) is 16.9. The van der Waals surface area contributed by atoms with Gasteiger partial charge in [0.1, 0.15) is 0 Å². The Hall–Kier alpha value is -3.78. The van der Waals surface area contributed by atoms with Gasteiger partial charge >= 0.3 is 0 Å². The number of nitrogens with one attached hydrogen (secondary N) is 1. The topological polar surface area (TPSA) is 84.9 Å². The summed E-state index contributed by atoms with van der Waals surface area (Å²) in [5.74, 6) is 0.632. The van der Waals surface area contributed by atoms with Gasteiger partial charge in [0.05, 0.1) is 4.91 Å². The van der Waals surface area contributed by atoms with Crippen LogP contribution in [0.25, 0.3) is 16.8 Å². The number of imide groups is 1. The summed E-state index contributed by atoms with van der Waals surface area (Å²) in [6.07, 6.45) is 1.65. The number of rotatable bonds is 5. The molecule has 32 heavy (non-hydrogen) atoms. The fraction of sp³-hybridized carbons (Fsp3) is 0.125. The third-order valence-corrected chi connectivity index (χ3v) is 6.13. The maximum atomic E-state index is 12.7. The van der Waals surface area contributed by atoms with E-state index in [1.807, 2.05) is 36.4 Å². The molecule has 1 N–H and O–H groups in total. The molecule has 1 saturated heterocycles. The van der Waals surface area contributed by atoms with Crippen LogP contribution >= 0.6 is 11.8 Å². The molecular weight excluding hydrogens is 428 g/mol. The number of carbonyl (C=O) groups is 3. The quantitative estimate of drug-likeness (QED) is 0.596. The van der Waals surface area contributed by atoms with Gasteiger partial charge in [-0.2, -0.15) is 0 Å². The fourth-order valence-corrected chi connectivity index (χ4v) is 4.51. The van der Waals surface area contributed by atoms with Crippen LogP contribution in [0.3, 0.4) is 0 Å². The molecule has 160 valence electrons. The van der Waals surface area contributed by atoms with Crippen LogP contribution in [0.5, 0.6) is 11.5 Å². The van der Waals surface area contributed by atoms with Crippen molar-refractivity contribution in [3.63, 3.8) is 0 Å². The van der Waals surface area contributed by atoms with E-state index in [0.717, 1.165) is 33.0 Å². The highest BCUT2D eigenvalue weighted by atomic mass is 32.2. The van der Waals surface area contributed by atoms with E-state index in [1.54, 1.807) is 30.3 Å². The van der Waals surface area contributed by atoms with E-state index >= 15 is 0 Å². The lowest BCUT2D eigenvalue weighted by atomic mass is 10.0. The summed E-state index contributed by atoms with van der Waals surface area (Å²) in [6.45, 7) is 0.427. The Balaban J connectivity index is 1.24. The second-order valence-electron chi connectivity index (χ2n) is 7.23. The molecule has 7 nitrogen and oxygen atoms in total. The Morgan fingerprint density at radius 3 is 2.75 bits per heavy atom. The third kappa shape index (κ3) is 3.80. The first-order valence-electron chi connectivity index (χ1n) is 10.0. The maximum Gasteiger partial charge on any atom is 0.293 e. The van der Waals surface area contributed by atoms with Crippen LogP contribution < -0.4 is 14.8 Å². The molecule has 5 rings (SSSR count). The summed E-state index contributed by atoms with van der Waals surface area (Å²) in [5.41, 5.74) is 1.30. The summed E-state index contributed by atoms with van der Waals surface area (Å²) in [6, 6.07) is 18.5. The summed E-state index contributed by atoms with van der Waals surface area (Å²) in [7, 11) is 0. The molecule has 8 heteroatoms. The van der Waals surface area contributed by atoms with Crippen molar-refractivity contribution in [2.75, 3.05) is 19.9 Å². The third-order valence-electron chi connectivity index (χ3n) is 5.22. The number of benzene rings is 3. The van der Waals surface area contributed by atoms with Gasteiger partial charge in [-0.15, -0.1) is 0 Å². The number of hydrogen-bond acceptors (Lipinski definition) is 6. The van der Waals surface area contributed by atoms with Crippen LogP contribution in [0.4, 0.5) is 4.79 Å². The van der Waals surface area contributed by atoms with Gasteiger partial charge in [0.25, 0.3) is 17.1 Å². The van der Waals surface area contributed by atoms with E-state index in [4.69, 9.17) is 9.47 Å². The van der Waals surface area contributed by atoms with E-state index in [9.17, 15) is 14.4 Å². The second-order valence-corrected chi connectivity index (χ2v) is 8.22. The monoisotopic (exact) mass is 446 g/mol. The minimum absolute atomic E-state index is 0.0969. The van der Waals surface area contributed by atoms with Gasteiger partial charge in [0, 0.05) is 18.7 Å². The van der Waals surface area contributed by atoms with Crippen molar-refractivity contribution in [1.82, 2.24) is 10.2 Å². The molecular formula is C24H18N2O5S. The lowest BCUT2D eigenvalue weighted by molar-refractivity contribution is -0.122. The van der Waals surface area contributed by atoms with E-state index in [1.165, 1.54) is 0 Å². The van der Waals surface area contributed by atoms with E-state index in [2.05, 4.69) is 5.32 Å². The Morgan fingerprint density at radius 1 is 1.03 bits per heavy atom. The first kappa shape index (κ1) is 20.1. The molecule has 3 aromatic carbocycles. The van der Waals surface area contributed by atoms with Gasteiger partial charge in [0.2, 0.25) is 6.79 Å². The van der Waals surface area contributed by atoms with Crippen LogP contribution in [0.2, 0.25) is 0 Å². The Kier molecular flexibility index (Phi) is 5.28. The zero-order valence-corrected chi connectivity index (χ0v) is 17.7. The molecule has 3 aromatic rings. The van der Waals surface area contributed by atoms with Gasteiger partial charge < -0.3 is 14.8 Å². The molecule has 2 heterocycles. The smallest absolute Gasteiger partial charge is 0.293 e. The highest BCUT2D eigenvalue weighted by molar-refractivity contribution is 8.18. The molecule has 3 amide bonds. The number of ether oxygens (including phenoxy) is 2. The predicted molar refractivity (Wildman–Crippen MR) is 122 cm³/mol. The molecule has 0 aliphatic carbocycles. The molecule has 1 fully saturated rings. The molecule has 2 aliphatic rings. The van der Waals surface area contributed by atoms with Gasteiger partial charge in [-0.1, -0.05) is 42.5 Å². The molecule has 0 atom stereocenters. The number of hydrogen-bond donors (Lipinski definition) is 1. The molecule has 0 spiro atoms. The second kappa shape index (κ2) is 8.39. The van der Waals surface area contributed by atoms with Crippen LogP contribution in [0.1, 0.15) is 15.9 Å². The standard InChI is InChI=1S/C24H18N2O5S/c27-22(18-7-3-5-16-4-1-2-6-17(16)18)25-10-11-26-23(28)21(32-24(26)29)13-15-8-9-19-20(12-15)31-14-30-19/h1-9,12-13H,10-11,14H2,(H,25,27)/b21-13+. The summed E-state index contributed by atoms with van der Waals surface area (Å²) in [5, 5.41) is 4.27. The van der Waals surface area contributed by atoms with Crippen LogP contribution in [0.15, 0.2) is 65.6 Å². The molecule has 0 unspecified atom stereocenters. The average molecular weight is 446 g/mol. The number of carbonyl (C=O) groups excluding carboxylic acids is 3. The van der Waals surface area contributed by atoms with Crippen molar-refractivity contribution in [1.29, 1.82) is 0 Å². The van der Waals surface area contributed by atoms with Crippen molar-refractivity contribution in [2.45, 2.75) is 0 Å². The summed E-state index contributed by atoms with van der Waals surface area (Å²) < 4.78 is 10.6. The highest BCUT2D eigenvalue weighted by Gasteiger charge is 2.34. The van der Waals surface area contributed by atoms with E-state index in [-0.39, 0.29) is 36.9 Å². The lowest BCUT2D eigenvalue weighted by Gasteiger charge is -2.13. The lowest BCUT2D eigenvalue weighted by Crippen LogP contribution is -2.37. The predicted octanol–water partition coefficient (Wildman–Crippen LogP) is 4.03.